The van der Waals surface area contributed by atoms with E-state index in [9.17, 15) is 4.79 Å². The molecule has 0 radical (unpaired) electrons. The van der Waals surface area contributed by atoms with Crippen LogP contribution in [0.1, 0.15) is 46.2 Å². The fourth-order valence-corrected chi connectivity index (χ4v) is 4.86. The van der Waals surface area contributed by atoms with Gasteiger partial charge in [0.2, 0.25) is 0 Å². The molecule has 0 N–H and O–H groups in total. The number of rotatable bonds is 7. The van der Waals surface area contributed by atoms with Crippen LogP contribution in [-0.4, -0.2) is 32.1 Å². The number of aromatic nitrogens is 3. The topological polar surface area (TPSA) is 51.0 Å². The first kappa shape index (κ1) is 21.7. The number of thioether (sulfide) groups is 1. The molecule has 7 heteroatoms. The van der Waals surface area contributed by atoms with Crippen LogP contribution in [0.3, 0.4) is 0 Å². The highest BCUT2D eigenvalue weighted by molar-refractivity contribution is 7.98. The number of carbonyl (C=O) groups excluding carboxylic acids is 1. The number of likely N-dealkylation sites (tertiary alicyclic amines) is 1. The zero-order chi connectivity index (χ0) is 21.8. The van der Waals surface area contributed by atoms with Crippen molar-refractivity contribution in [3.05, 3.63) is 88.7 Å². The Kier molecular flexibility index (Phi) is 6.78. The van der Waals surface area contributed by atoms with Crippen molar-refractivity contribution in [2.24, 2.45) is 0 Å². The lowest BCUT2D eigenvalue weighted by Crippen LogP contribution is -2.32. The fourth-order valence-electron chi connectivity index (χ4n) is 3.82. The molecule has 160 valence electrons. The summed E-state index contributed by atoms with van der Waals surface area (Å²) >= 11 is 7.61. The Labute approximate surface area is 192 Å². The van der Waals surface area contributed by atoms with Gasteiger partial charge in [-0.2, -0.15) is 0 Å². The number of halogens is 1. The molecule has 1 atom stereocenters. The molecule has 1 saturated heterocycles. The van der Waals surface area contributed by atoms with Crippen molar-refractivity contribution in [3.8, 4) is 0 Å². The summed E-state index contributed by atoms with van der Waals surface area (Å²) in [6.07, 6.45) is 3.69. The molecule has 0 saturated carbocycles. The van der Waals surface area contributed by atoms with Crippen LogP contribution in [0.5, 0.6) is 0 Å². The Morgan fingerprint density at radius 1 is 1.19 bits per heavy atom. The van der Waals surface area contributed by atoms with Crippen LogP contribution >= 0.6 is 23.4 Å². The van der Waals surface area contributed by atoms with Crippen LogP contribution in [0.2, 0.25) is 5.02 Å². The summed E-state index contributed by atoms with van der Waals surface area (Å²) in [6.45, 7) is 7.26. The van der Waals surface area contributed by atoms with Gasteiger partial charge in [-0.25, -0.2) is 0 Å². The molecule has 1 amide bonds. The number of hydrogen-bond acceptors (Lipinski definition) is 4. The Bertz CT molecular complexity index is 1060. The average Bonchev–Trinajstić information content (AvgIpc) is 3.41. The zero-order valence-electron chi connectivity index (χ0n) is 17.5. The van der Waals surface area contributed by atoms with Crippen molar-refractivity contribution in [2.45, 2.75) is 43.3 Å². The number of benzene rings is 2. The Hall–Kier alpha value is -2.57. The van der Waals surface area contributed by atoms with Crippen LogP contribution in [0, 0.1) is 6.92 Å². The Balaban J connectivity index is 1.56. The lowest BCUT2D eigenvalue weighted by molar-refractivity contribution is 0.0727. The number of aryl methyl sites for hydroxylation is 1. The van der Waals surface area contributed by atoms with E-state index in [1.54, 1.807) is 11.8 Å². The molecule has 1 aliphatic rings. The molecule has 0 bridgehead atoms. The molecular formula is C24H25ClN4OS. The van der Waals surface area contributed by atoms with Gasteiger partial charge in [-0.3, -0.25) is 4.79 Å². The lowest BCUT2D eigenvalue weighted by Gasteiger charge is -2.24. The van der Waals surface area contributed by atoms with E-state index >= 15 is 0 Å². The van der Waals surface area contributed by atoms with Gasteiger partial charge in [0, 0.05) is 29.4 Å². The number of amides is 1. The van der Waals surface area contributed by atoms with Gasteiger partial charge in [0.1, 0.15) is 0 Å². The molecule has 5 nitrogen and oxygen atoms in total. The predicted octanol–water partition coefficient (Wildman–Crippen LogP) is 5.70. The van der Waals surface area contributed by atoms with Gasteiger partial charge in [0.25, 0.3) is 5.91 Å². The highest BCUT2D eigenvalue weighted by atomic mass is 35.5. The standard InChI is InChI=1S/C24H25ClN4OS/c1-3-14-29-22(26-27-24(29)31-16-18-8-12-20(25)13-9-18)21-5-4-15-28(21)23(30)19-10-6-17(2)7-11-19/h3,6-13,21H,1,4-5,14-16H2,2H3. The molecule has 3 aromatic rings. The van der Waals surface area contributed by atoms with Crippen molar-refractivity contribution in [3.63, 3.8) is 0 Å². The first-order valence-electron chi connectivity index (χ1n) is 10.4. The summed E-state index contributed by atoms with van der Waals surface area (Å²) in [5.41, 5.74) is 3.02. The third-order valence-electron chi connectivity index (χ3n) is 5.45. The van der Waals surface area contributed by atoms with Crippen molar-refractivity contribution in [2.75, 3.05) is 6.54 Å². The molecule has 0 aliphatic carbocycles. The molecule has 0 spiro atoms. The summed E-state index contributed by atoms with van der Waals surface area (Å²) in [4.78, 5) is 15.1. The van der Waals surface area contributed by atoms with E-state index in [2.05, 4.69) is 21.3 Å². The second kappa shape index (κ2) is 9.71. The van der Waals surface area contributed by atoms with Crippen molar-refractivity contribution in [1.29, 1.82) is 0 Å². The molecular weight excluding hydrogens is 428 g/mol. The summed E-state index contributed by atoms with van der Waals surface area (Å²) in [5, 5.41) is 10.5. The van der Waals surface area contributed by atoms with Crippen LogP contribution < -0.4 is 0 Å². The number of hydrogen-bond donors (Lipinski definition) is 0. The van der Waals surface area contributed by atoms with E-state index in [0.717, 1.165) is 46.7 Å². The maximum absolute atomic E-state index is 13.2. The van der Waals surface area contributed by atoms with Crippen molar-refractivity contribution >= 4 is 29.3 Å². The van der Waals surface area contributed by atoms with Crippen molar-refractivity contribution in [1.82, 2.24) is 19.7 Å². The summed E-state index contributed by atoms with van der Waals surface area (Å²) in [5.74, 6) is 1.64. The van der Waals surface area contributed by atoms with Crippen LogP contribution in [0.15, 0.2) is 66.3 Å². The monoisotopic (exact) mass is 452 g/mol. The van der Waals surface area contributed by atoms with Gasteiger partial charge >= 0.3 is 0 Å². The lowest BCUT2D eigenvalue weighted by atomic mass is 10.1. The van der Waals surface area contributed by atoms with E-state index in [1.165, 1.54) is 5.56 Å². The van der Waals surface area contributed by atoms with Gasteiger partial charge in [0.05, 0.1) is 6.04 Å². The normalized spacial score (nSPS) is 15.9. The Morgan fingerprint density at radius 3 is 2.65 bits per heavy atom. The highest BCUT2D eigenvalue weighted by Gasteiger charge is 2.34. The number of nitrogens with zero attached hydrogens (tertiary/aromatic N) is 4. The fraction of sp³-hybridized carbons (Fsp3) is 0.292. The zero-order valence-corrected chi connectivity index (χ0v) is 19.1. The van der Waals surface area contributed by atoms with E-state index in [4.69, 9.17) is 11.6 Å². The molecule has 2 aromatic carbocycles. The average molecular weight is 453 g/mol. The Morgan fingerprint density at radius 2 is 1.94 bits per heavy atom. The van der Waals surface area contributed by atoms with Gasteiger partial charge < -0.3 is 9.47 Å². The summed E-state index contributed by atoms with van der Waals surface area (Å²) < 4.78 is 2.08. The molecule has 1 unspecified atom stereocenters. The van der Waals surface area contributed by atoms with Gasteiger partial charge in [0.15, 0.2) is 11.0 Å². The van der Waals surface area contributed by atoms with E-state index in [1.807, 2.05) is 66.4 Å². The molecule has 4 rings (SSSR count). The largest absolute Gasteiger partial charge is 0.328 e. The van der Waals surface area contributed by atoms with Gasteiger partial charge in [-0.1, -0.05) is 59.3 Å². The highest BCUT2D eigenvalue weighted by Crippen LogP contribution is 2.34. The van der Waals surface area contributed by atoms with Crippen molar-refractivity contribution < 1.29 is 4.79 Å². The molecule has 31 heavy (non-hydrogen) atoms. The quantitative estimate of drug-likeness (QED) is 0.341. The van der Waals surface area contributed by atoms with E-state index in [-0.39, 0.29) is 11.9 Å². The SMILES string of the molecule is C=CCn1c(SCc2ccc(Cl)cc2)nnc1C1CCCN1C(=O)c1ccc(C)cc1. The van der Waals surface area contributed by atoms with E-state index < -0.39 is 0 Å². The minimum Gasteiger partial charge on any atom is -0.328 e. The smallest absolute Gasteiger partial charge is 0.254 e. The maximum atomic E-state index is 13.2. The molecule has 2 heterocycles. The number of allylic oxidation sites excluding steroid dienone is 1. The van der Waals surface area contributed by atoms with Crippen LogP contribution in [-0.2, 0) is 12.3 Å². The van der Waals surface area contributed by atoms with E-state index in [0.29, 0.717) is 12.1 Å². The van der Waals surface area contributed by atoms with Gasteiger partial charge in [-0.15, -0.1) is 16.8 Å². The number of carbonyl (C=O) groups is 1. The second-order valence-corrected chi connectivity index (χ2v) is 9.06. The summed E-state index contributed by atoms with van der Waals surface area (Å²) in [6, 6.07) is 15.5. The van der Waals surface area contributed by atoms with Crippen LogP contribution in [0.25, 0.3) is 0 Å². The maximum Gasteiger partial charge on any atom is 0.254 e. The molecule has 1 fully saturated rings. The molecule has 1 aliphatic heterocycles. The first-order chi connectivity index (χ1) is 15.1. The summed E-state index contributed by atoms with van der Waals surface area (Å²) in [7, 11) is 0. The first-order valence-corrected chi connectivity index (χ1v) is 11.7. The van der Waals surface area contributed by atoms with Gasteiger partial charge in [-0.05, 0) is 49.6 Å². The minimum absolute atomic E-state index is 0.0472. The third kappa shape index (κ3) is 4.86. The second-order valence-electron chi connectivity index (χ2n) is 7.68. The van der Waals surface area contributed by atoms with Crippen LogP contribution in [0.4, 0.5) is 0 Å². The minimum atomic E-state index is -0.0777. The predicted molar refractivity (Wildman–Crippen MR) is 125 cm³/mol. The molecule has 1 aromatic heterocycles. The third-order valence-corrected chi connectivity index (χ3v) is 6.74.